The molecule has 0 atom stereocenters. The first-order valence-electron chi connectivity index (χ1n) is 7.77. The first-order valence-corrected chi connectivity index (χ1v) is 8.15. The maximum Gasteiger partial charge on any atom is 0.250 e. The highest BCUT2D eigenvalue weighted by atomic mass is 35.5. The second kappa shape index (κ2) is 7.00. The van der Waals surface area contributed by atoms with E-state index < -0.39 is 5.91 Å². The summed E-state index contributed by atoms with van der Waals surface area (Å²) in [5, 5.41) is 8.54. The van der Waals surface area contributed by atoms with Gasteiger partial charge in [0.25, 0.3) is 0 Å². The van der Waals surface area contributed by atoms with Gasteiger partial charge in [-0.3, -0.25) is 4.79 Å². The Hall–Kier alpha value is -2.41. The fraction of sp³-hybridized carbons (Fsp3) is 0.375. The van der Waals surface area contributed by atoms with Gasteiger partial charge in [-0.2, -0.15) is 5.10 Å². The van der Waals surface area contributed by atoms with Gasteiger partial charge in [-0.1, -0.05) is 11.6 Å². The van der Waals surface area contributed by atoms with Gasteiger partial charge in [0.15, 0.2) is 5.82 Å². The third-order valence-electron chi connectivity index (χ3n) is 4.34. The smallest absolute Gasteiger partial charge is 0.250 e. The Balaban J connectivity index is 1.66. The van der Waals surface area contributed by atoms with Crippen LogP contribution in [0.5, 0.6) is 0 Å². The van der Waals surface area contributed by atoms with Crippen molar-refractivity contribution in [2.24, 2.45) is 5.73 Å². The van der Waals surface area contributed by atoms with Gasteiger partial charge in [0.2, 0.25) is 5.91 Å². The number of amides is 1. The molecular formula is C16H19ClN6O. The molecule has 1 amide bonds. The monoisotopic (exact) mass is 346 g/mol. The molecule has 7 nitrogen and oxygen atoms in total. The topological polar surface area (TPSA) is 88.2 Å². The number of primary amides is 1. The van der Waals surface area contributed by atoms with Crippen molar-refractivity contribution >= 4 is 29.1 Å². The zero-order chi connectivity index (χ0) is 17.1. The van der Waals surface area contributed by atoms with E-state index >= 15 is 0 Å². The SMILES string of the molecule is CN(c1cccnn1)C1CCN(c2ncc(C(N)=O)cc2Cl)CC1. The Morgan fingerprint density at radius 3 is 2.75 bits per heavy atom. The lowest BCUT2D eigenvalue weighted by Crippen LogP contribution is -2.44. The molecule has 0 aliphatic carbocycles. The van der Waals surface area contributed by atoms with E-state index in [0.717, 1.165) is 31.7 Å². The Labute approximate surface area is 145 Å². The number of hydrogen-bond acceptors (Lipinski definition) is 6. The van der Waals surface area contributed by atoms with Crippen molar-refractivity contribution in [3.8, 4) is 0 Å². The summed E-state index contributed by atoms with van der Waals surface area (Å²) in [4.78, 5) is 19.8. The minimum atomic E-state index is -0.528. The van der Waals surface area contributed by atoms with Crippen LogP contribution in [-0.4, -0.2) is 47.3 Å². The fourth-order valence-electron chi connectivity index (χ4n) is 2.93. The third kappa shape index (κ3) is 3.41. The largest absolute Gasteiger partial charge is 0.366 e. The molecule has 2 aromatic heterocycles. The van der Waals surface area contributed by atoms with E-state index in [1.807, 2.05) is 19.2 Å². The van der Waals surface area contributed by atoms with Gasteiger partial charge in [0.1, 0.15) is 5.82 Å². The molecule has 126 valence electrons. The van der Waals surface area contributed by atoms with Crippen molar-refractivity contribution in [3.05, 3.63) is 41.2 Å². The van der Waals surface area contributed by atoms with Gasteiger partial charge in [0, 0.05) is 38.6 Å². The Morgan fingerprint density at radius 2 is 2.17 bits per heavy atom. The van der Waals surface area contributed by atoms with E-state index in [4.69, 9.17) is 17.3 Å². The number of rotatable bonds is 4. The molecule has 3 rings (SSSR count). The first-order chi connectivity index (χ1) is 11.6. The van der Waals surface area contributed by atoms with Crippen molar-refractivity contribution in [3.63, 3.8) is 0 Å². The molecule has 0 spiro atoms. The molecule has 1 aliphatic rings. The molecule has 1 saturated heterocycles. The molecule has 8 heteroatoms. The van der Waals surface area contributed by atoms with Gasteiger partial charge in [-0.15, -0.1) is 5.10 Å². The van der Waals surface area contributed by atoms with E-state index in [9.17, 15) is 4.79 Å². The van der Waals surface area contributed by atoms with Crippen LogP contribution in [0.4, 0.5) is 11.6 Å². The number of carbonyl (C=O) groups excluding carboxylic acids is 1. The Morgan fingerprint density at radius 1 is 1.42 bits per heavy atom. The lowest BCUT2D eigenvalue weighted by molar-refractivity contribution is 0.1000. The standard InChI is InChI=1S/C16H19ClN6O/c1-22(14-3-2-6-20-21-14)12-4-7-23(8-5-12)16-13(17)9-11(10-19-16)15(18)24/h2-3,6,9-10,12H,4-5,7-8H2,1H3,(H2,18,24). The van der Waals surface area contributed by atoms with Gasteiger partial charge in [0.05, 0.1) is 10.6 Å². The number of piperidine rings is 1. The zero-order valence-corrected chi connectivity index (χ0v) is 14.1. The fourth-order valence-corrected chi connectivity index (χ4v) is 3.22. The molecule has 0 radical (unpaired) electrons. The van der Waals surface area contributed by atoms with Crippen molar-refractivity contribution in [1.29, 1.82) is 0 Å². The summed E-state index contributed by atoms with van der Waals surface area (Å²) in [5.41, 5.74) is 5.57. The lowest BCUT2D eigenvalue weighted by atomic mass is 10.0. The summed E-state index contributed by atoms with van der Waals surface area (Å²) in [6.07, 6.45) is 5.07. The molecule has 2 aromatic rings. The molecule has 3 heterocycles. The molecule has 0 saturated carbocycles. The van der Waals surface area contributed by atoms with Crippen LogP contribution >= 0.6 is 11.6 Å². The predicted molar refractivity (Wildman–Crippen MR) is 93.4 cm³/mol. The summed E-state index contributed by atoms with van der Waals surface area (Å²) < 4.78 is 0. The summed E-state index contributed by atoms with van der Waals surface area (Å²) in [6.45, 7) is 1.66. The van der Waals surface area contributed by atoms with E-state index in [0.29, 0.717) is 22.4 Å². The Kier molecular flexibility index (Phi) is 4.80. The van der Waals surface area contributed by atoms with E-state index in [1.165, 1.54) is 6.20 Å². The van der Waals surface area contributed by atoms with E-state index in [-0.39, 0.29) is 0 Å². The van der Waals surface area contributed by atoms with E-state index in [1.54, 1.807) is 12.3 Å². The van der Waals surface area contributed by atoms with Crippen LogP contribution in [0.2, 0.25) is 5.02 Å². The number of anilines is 2. The number of pyridine rings is 1. The highest BCUT2D eigenvalue weighted by Crippen LogP contribution is 2.28. The molecule has 0 aromatic carbocycles. The minimum absolute atomic E-state index is 0.320. The van der Waals surface area contributed by atoms with Crippen LogP contribution in [0.25, 0.3) is 0 Å². The summed E-state index contributed by atoms with van der Waals surface area (Å²) >= 11 is 6.26. The van der Waals surface area contributed by atoms with Gasteiger partial charge in [-0.05, 0) is 31.0 Å². The molecule has 0 bridgehead atoms. The second-order valence-corrected chi connectivity index (χ2v) is 6.21. The number of carbonyl (C=O) groups is 1. The van der Waals surface area contributed by atoms with E-state index in [2.05, 4.69) is 25.0 Å². The summed E-state index contributed by atoms with van der Waals surface area (Å²) in [5.74, 6) is 1.04. The Bertz CT molecular complexity index is 718. The number of aromatic nitrogens is 3. The minimum Gasteiger partial charge on any atom is -0.366 e. The maximum absolute atomic E-state index is 11.2. The lowest BCUT2D eigenvalue weighted by Gasteiger charge is -2.37. The molecule has 24 heavy (non-hydrogen) atoms. The highest BCUT2D eigenvalue weighted by molar-refractivity contribution is 6.33. The van der Waals surface area contributed by atoms with Gasteiger partial charge in [-0.25, -0.2) is 4.98 Å². The number of nitrogens with zero attached hydrogens (tertiary/aromatic N) is 5. The van der Waals surface area contributed by atoms with Gasteiger partial charge < -0.3 is 15.5 Å². The van der Waals surface area contributed by atoms with Crippen LogP contribution < -0.4 is 15.5 Å². The third-order valence-corrected chi connectivity index (χ3v) is 4.62. The van der Waals surface area contributed by atoms with Crippen LogP contribution in [0.15, 0.2) is 30.6 Å². The molecule has 2 N–H and O–H groups in total. The average Bonchev–Trinajstić information content (AvgIpc) is 2.62. The molecule has 1 aliphatic heterocycles. The van der Waals surface area contributed by atoms with Crippen LogP contribution in [0.1, 0.15) is 23.2 Å². The van der Waals surface area contributed by atoms with Crippen molar-refractivity contribution in [1.82, 2.24) is 15.2 Å². The van der Waals surface area contributed by atoms with Crippen LogP contribution in [0.3, 0.4) is 0 Å². The summed E-state index contributed by atoms with van der Waals surface area (Å²) in [7, 11) is 2.04. The number of nitrogens with two attached hydrogens (primary N) is 1. The van der Waals surface area contributed by atoms with Crippen LogP contribution in [0, 0.1) is 0 Å². The first kappa shape index (κ1) is 16.4. The molecule has 0 unspecified atom stereocenters. The maximum atomic E-state index is 11.2. The number of hydrogen-bond donors (Lipinski definition) is 1. The average molecular weight is 347 g/mol. The van der Waals surface area contributed by atoms with Crippen LogP contribution in [-0.2, 0) is 0 Å². The molecule has 1 fully saturated rings. The normalized spacial score (nSPS) is 15.3. The van der Waals surface area contributed by atoms with Gasteiger partial charge >= 0.3 is 0 Å². The van der Waals surface area contributed by atoms with Crippen molar-refractivity contribution < 1.29 is 4.79 Å². The van der Waals surface area contributed by atoms with Crippen molar-refractivity contribution in [2.45, 2.75) is 18.9 Å². The predicted octanol–water partition coefficient (Wildman–Crippen LogP) is 1.73. The number of halogens is 1. The quantitative estimate of drug-likeness (QED) is 0.907. The highest BCUT2D eigenvalue weighted by Gasteiger charge is 2.25. The second-order valence-electron chi connectivity index (χ2n) is 5.80. The zero-order valence-electron chi connectivity index (χ0n) is 13.4. The molecular weight excluding hydrogens is 328 g/mol. The van der Waals surface area contributed by atoms with Crippen molar-refractivity contribution in [2.75, 3.05) is 29.9 Å². The summed E-state index contributed by atoms with van der Waals surface area (Å²) in [6, 6.07) is 5.81.